The predicted octanol–water partition coefficient (Wildman–Crippen LogP) is 3.14. The fraction of sp³-hybridized carbons (Fsp3) is 0.462. The zero-order valence-electron chi connectivity index (χ0n) is 11.4. The fourth-order valence-electron chi connectivity index (χ4n) is 1.39. The Bertz CT molecular complexity index is 506. The molecule has 1 unspecified atom stereocenters. The van der Waals surface area contributed by atoms with Gasteiger partial charge in [-0.15, -0.1) is 0 Å². The molecule has 6 heteroatoms. The maximum absolute atomic E-state index is 11.0. The molecule has 0 aliphatic rings. The van der Waals surface area contributed by atoms with E-state index in [-0.39, 0.29) is 22.7 Å². The van der Waals surface area contributed by atoms with Crippen molar-refractivity contribution < 1.29 is 14.8 Å². The van der Waals surface area contributed by atoms with Gasteiger partial charge in [-0.3, -0.25) is 10.1 Å². The Labute approximate surface area is 111 Å². The quantitative estimate of drug-likeness (QED) is 0.645. The maximum atomic E-state index is 11.0. The van der Waals surface area contributed by atoms with Gasteiger partial charge in [0.2, 0.25) is 0 Å². The molecule has 0 bridgehead atoms. The summed E-state index contributed by atoms with van der Waals surface area (Å²) in [5, 5.41) is 22.9. The van der Waals surface area contributed by atoms with E-state index in [4.69, 9.17) is 5.11 Å². The van der Waals surface area contributed by atoms with E-state index in [0.717, 1.165) is 6.07 Å². The summed E-state index contributed by atoms with van der Waals surface area (Å²) in [6.07, 6.45) is 0. The van der Waals surface area contributed by atoms with Gasteiger partial charge in [-0.2, -0.15) is 0 Å². The molecule has 0 radical (unpaired) electrons. The molecular weight excluding hydrogens is 248 g/mol. The van der Waals surface area contributed by atoms with E-state index in [1.807, 2.05) is 27.7 Å². The van der Waals surface area contributed by atoms with E-state index in [1.54, 1.807) is 0 Å². The highest BCUT2D eigenvalue weighted by atomic mass is 16.6. The Balaban J connectivity index is 3.14. The third kappa shape index (κ3) is 3.67. The molecule has 0 spiro atoms. The lowest BCUT2D eigenvalue weighted by Crippen LogP contribution is -2.31. The van der Waals surface area contributed by atoms with Gasteiger partial charge in [-0.05, 0) is 24.5 Å². The predicted molar refractivity (Wildman–Crippen MR) is 72.6 cm³/mol. The number of nitro groups is 1. The van der Waals surface area contributed by atoms with E-state index in [2.05, 4.69) is 5.32 Å². The highest BCUT2D eigenvalue weighted by Gasteiger charge is 2.24. The van der Waals surface area contributed by atoms with E-state index >= 15 is 0 Å². The summed E-state index contributed by atoms with van der Waals surface area (Å²) in [4.78, 5) is 21.2. The van der Waals surface area contributed by atoms with Crippen molar-refractivity contribution >= 4 is 17.3 Å². The van der Waals surface area contributed by atoms with Crippen LogP contribution >= 0.6 is 0 Å². The average molecular weight is 266 g/mol. The Kier molecular flexibility index (Phi) is 4.14. The van der Waals surface area contributed by atoms with Crippen molar-refractivity contribution in [2.45, 2.75) is 33.7 Å². The first kappa shape index (κ1) is 14.9. The van der Waals surface area contributed by atoms with Crippen LogP contribution in [0.5, 0.6) is 0 Å². The molecule has 19 heavy (non-hydrogen) atoms. The summed E-state index contributed by atoms with van der Waals surface area (Å²) in [5.74, 6) is -1.18. The van der Waals surface area contributed by atoms with Crippen molar-refractivity contribution in [1.82, 2.24) is 0 Å². The Morgan fingerprint density at radius 1 is 1.42 bits per heavy atom. The second-order valence-electron chi connectivity index (χ2n) is 5.53. The number of nitrogens with one attached hydrogen (secondary N) is 1. The molecule has 0 fully saturated rings. The fourth-order valence-corrected chi connectivity index (χ4v) is 1.39. The number of benzene rings is 1. The minimum atomic E-state index is -1.18. The highest BCUT2D eigenvalue weighted by Crippen LogP contribution is 2.29. The zero-order chi connectivity index (χ0) is 14.8. The van der Waals surface area contributed by atoms with Crippen LogP contribution in [-0.2, 0) is 0 Å². The minimum Gasteiger partial charge on any atom is -0.478 e. The number of anilines is 1. The molecular formula is C13H18N2O4. The lowest BCUT2D eigenvalue weighted by molar-refractivity contribution is -0.384. The molecule has 0 aliphatic heterocycles. The average Bonchev–Trinajstić information content (AvgIpc) is 2.27. The summed E-state index contributed by atoms with van der Waals surface area (Å²) in [6, 6.07) is 3.86. The van der Waals surface area contributed by atoms with E-state index in [9.17, 15) is 14.9 Å². The number of carboxylic acids is 1. The van der Waals surface area contributed by atoms with Gasteiger partial charge in [0.25, 0.3) is 5.69 Å². The van der Waals surface area contributed by atoms with Crippen LogP contribution in [0.25, 0.3) is 0 Å². The molecule has 104 valence electrons. The topological polar surface area (TPSA) is 92.5 Å². The SMILES string of the molecule is CC(Nc1ccc(C(=O)O)cc1[N+](=O)[O-])C(C)(C)C. The summed E-state index contributed by atoms with van der Waals surface area (Å²) < 4.78 is 0. The molecule has 0 aromatic heterocycles. The number of hydrogen-bond donors (Lipinski definition) is 2. The van der Waals surface area contributed by atoms with Gasteiger partial charge in [-0.1, -0.05) is 20.8 Å². The number of rotatable bonds is 4. The van der Waals surface area contributed by atoms with Crippen molar-refractivity contribution in [3.63, 3.8) is 0 Å². The van der Waals surface area contributed by atoms with Crippen LogP contribution in [0.3, 0.4) is 0 Å². The van der Waals surface area contributed by atoms with Crippen molar-refractivity contribution in [3.8, 4) is 0 Å². The lowest BCUT2D eigenvalue weighted by atomic mass is 9.88. The third-order valence-corrected chi connectivity index (χ3v) is 3.11. The van der Waals surface area contributed by atoms with Crippen LogP contribution in [0.4, 0.5) is 11.4 Å². The second kappa shape index (κ2) is 5.26. The van der Waals surface area contributed by atoms with Crippen LogP contribution < -0.4 is 5.32 Å². The zero-order valence-corrected chi connectivity index (χ0v) is 11.4. The molecule has 2 N–H and O–H groups in total. The maximum Gasteiger partial charge on any atom is 0.335 e. The minimum absolute atomic E-state index is 0.00174. The molecule has 1 aromatic carbocycles. The summed E-state index contributed by atoms with van der Waals surface area (Å²) >= 11 is 0. The molecule has 1 aromatic rings. The molecule has 6 nitrogen and oxygen atoms in total. The molecule has 0 amide bonds. The number of carboxylic acid groups (broad SMARTS) is 1. The van der Waals surface area contributed by atoms with Crippen LogP contribution in [-0.4, -0.2) is 22.0 Å². The lowest BCUT2D eigenvalue weighted by Gasteiger charge is -2.28. The Morgan fingerprint density at radius 2 is 2.00 bits per heavy atom. The van der Waals surface area contributed by atoms with E-state index < -0.39 is 10.9 Å². The van der Waals surface area contributed by atoms with Crippen LogP contribution in [0, 0.1) is 15.5 Å². The van der Waals surface area contributed by atoms with Gasteiger partial charge < -0.3 is 10.4 Å². The first-order chi connectivity index (χ1) is 8.62. The van der Waals surface area contributed by atoms with Gasteiger partial charge in [0, 0.05) is 12.1 Å². The van der Waals surface area contributed by atoms with Crippen LogP contribution in [0.15, 0.2) is 18.2 Å². The van der Waals surface area contributed by atoms with Gasteiger partial charge in [0.05, 0.1) is 10.5 Å². The Morgan fingerprint density at radius 3 is 2.42 bits per heavy atom. The van der Waals surface area contributed by atoms with Gasteiger partial charge >= 0.3 is 5.97 Å². The summed E-state index contributed by atoms with van der Waals surface area (Å²) in [5.41, 5.74) is -0.0617. The first-order valence-electron chi connectivity index (χ1n) is 5.91. The molecule has 1 atom stereocenters. The molecule has 0 saturated carbocycles. The number of nitro benzene ring substituents is 1. The number of hydrogen-bond acceptors (Lipinski definition) is 4. The third-order valence-electron chi connectivity index (χ3n) is 3.11. The number of nitrogens with zero attached hydrogens (tertiary/aromatic N) is 1. The van der Waals surface area contributed by atoms with E-state index in [0.29, 0.717) is 5.69 Å². The highest BCUT2D eigenvalue weighted by molar-refractivity contribution is 5.89. The standard InChI is InChI=1S/C13H18N2O4/c1-8(13(2,3)4)14-10-6-5-9(12(16)17)7-11(10)15(18)19/h5-8,14H,1-4H3,(H,16,17). The number of aromatic carboxylic acids is 1. The largest absolute Gasteiger partial charge is 0.478 e. The summed E-state index contributed by atoms with van der Waals surface area (Å²) in [6.45, 7) is 7.97. The van der Waals surface area contributed by atoms with Crippen molar-refractivity contribution in [3.05, 3.63) is 33.9 Å². The van der Waals surface area contributed by atoms with E-state index in [1.165, 1.54) is 12.1 Å². The molecule has 0 heterocycles. The van der Waals surface area contributed by atoms with Crippen molar-refractivity contribution in [2.75, 3.05) is 5.32 Å². The van der Waals surface area contributed by atoms with Crippen molar-refractivity contribution in [1.29, 1.82) is 0 Å². The monoisotopic (exact) mass is 266 g/mol. The van der Waals surface area contributed by atoms with Gasteiger partial charge in [0.1, 0.15) is 5.69 Å². The molecule has 0 saturated heterocycles. The Hall–Kier alpha value is -2.11. The smallest absolute Gasteiger partial charge is 0.335 e. The van der Waals surface area contributed by atoms with Crippen molar-refractivity contribution in [2.24, 2.45) is 5.41 Å². The second-order valence-corrected chi connectivity index (χ2v) is 5.53. The summed E-state index contributed by atoms with van der Waals surface area (Å²) in [7, 11) is 0. The first-order valence-corrected chi connectivity index (χ1v) is 5.91. The van der Waals surface area contributed by atoms with Crippen LogP contribution in [0.2, 0.25) is 0 Å². The normalized spacial score (nSPS) is 12.8. The molecule has 0 aliphatic carbocycles. The molecule has 1 rings (SSSR count). The number of carbonyl (C=O) groups is 1. The van der Waals surface area contributed by atoms with Crippen LogP contribution in [0.1, 0.15) is 38.1 Å². The van der Waals surface area contributed by atoms with Gasteiger partial charge in [-0.25, -0.2) is 4.79 Å². The van der Waals surface area contributed by atoms with Gasteiger partial charge in [0.15, 0.2) is 0 Å².